The van der Waals surface area contributed by atoms with Gasteiger partial charge in [-0.1, -0.05) is 60.7 Å². The number of carbonyl (C=O) groups is 2. The van der Waals surface area contributed by atoms with E-state index in [1.807, 2.05) is 30.0 Å². The zero-order valence-electron chi connectivity index (χ0n) is 21.5. The molecule has 0 radical (unpaired) electrons. The fourth-order valence-electron chi connectivity index (χ4n) is 5.77. The fraction of sp³-hybridized carbons (Fsp3) is 0.400. The molecule has 3 aromatic rings. The van der Waals surface area contributed by atoms with Crippen LogP contribution < -0.4 is 4.90 Å². The van der Waals surface area contributed by atoms with Crippen LogP contribution in [0.3, 0.4) is 0 Å². The minimum Gasteiger partial charge on any atom is -0.466 e. The third-order valence-corrected chi connectivity index (χ3v) is 7.65. The van der Waals surface area contributed by atoms with Crippen molar-refractivity contribution in [3.8, 4) is 0 Å². The van der Waals surface area contributed by atoms with Crippen LogP contribution in [0.1, 0.15) is 38.2 Å². The summed E-state index contributed by atoms with van der Waals surface area (Å²) in [6.45, 7) is 5.97. The number of amides is 1. The highest BCUT2D eigenvalue weighted by atomic mass is 35.5. The van der Waals surface area contributed by atoms with Gasteiger partial charge in [0.15, 0.2) is 0 Å². The molecule has 2 saturated heterocycles. The van der Waals surface area contributed by atoms with Gasteiger partial charge in [0.2, 0.25) is 5.91 Å². The summed E-state index contributed by atoms with van der Waals surface area (Å²) in [5, 5.41) is 2.57. The van der Waals surface area contributed by atoms with E-state index >= 15 is 0 Å². The maximum atomic E-state index is 13.9. The van der Waals surface area contributed by atoms with Crippen molar-refractivity contribution < 1.29 is 14.3 Å². The van der Waals surface area contributed by atoms with E-state index in [2.05, 4.69) is 64.4 Å². The number of nitrogens with zero attached hydrogens (tertiary/aromatic N) is 3. The molecule has 2 aliphatic heterocycles. The molecule has 7 heteroatoms. The number of piperidine rings is 1. The summed E-state index contributed by atoms with van der Waals surface area (Å²) in [5.41, 5.74) is 1.89. The molecule has 1 spiro atoms. The van der Waals surface area contributed by atoms with Gasteiger partial charge in [-0.3, -0.25) is 14.5 Å². The third kappa shape index (κ3) is 5.60. The quantitative estimate of drug-likeness (QED) is 0.379. The van der Waals surface area contributed by atoms with E-state index in [0.29, 0.717) is 32.7 Å². The zero-order chi connectivity index (χ0) is 25.0. The molecule has 0 bridgehead atoms. The van der Waals surface area contributed by atoms with Crippen LogP contribution in [0.25, 0.3) is 10.8 Å². The van der Waals surface area contributed by atoms with E-state index in [-0.39, 0.29) is 24.3 Å². The smallest absolute Gasteiger partial charge is 0.305 e. The summed E-state index contributed by atoms with van der Waals surface area (Å²) in [5.74, 6) is 0.000501. The zero-order valence-corrected chi connectivity index (χ0v) is 22.3. The van der Waals surface area contributed by atoms with Crippen molar-refractivity contribution >= 4 is 40.7 Å². The van der Waals surface area contributed by atoms with Crippen molar-refractivity contribution in [1.82, 2.24) is 9.80 Å². The molecular weight excluding hydrogens is 486 g/mol. The van der Waals surface area contributed by atoms with Crippen LogP contribution in [0.4, 0.5) is 5.69 Å². The van der Waals surface area contributed by atoms with E-state index in [1.54, 1.807) is 0 Å². The fourth-order valence-corrected chi connectivity index (χ4v) is 5.77. The van der Waals surface area contributed by atoms with Gasteiger partial charge < -0.3 is 14.5 Å². The lowest BCUT2D eigenvalue weighted by Crippen LogP contribution is -2.56. The second-order valence-electron chi connectivity index (χ2n) is 9.83. The maximum Gasteiger partial charge on any atom is 0.305 e. The Morgan fingerprint density at radius 1 is 0.946 bits per heavy atom. The standard InChI is InChI=1S/C30H35N3O3.ClH/c1-2-36-28(34)16-9-19-32-23-33(26-13-4-3-5-14-26)30(29(32)35)17-20-31(21-18-30)22-25-12-8-11-24-10-6-7-15-27(24)25;/h3-8,10-15H,2,9,16-23H2,1H3;1H. The van der Waals surface area contributed by atoms with E-state index in [4.69, 9.17) is 4.74 Å². The van der Waals surface area contributed by atoms with Crippen LogP contribution in [0, 0.1) is 0 Å². The lowest BCUT2D eigenvalue weighted by Gasteiger charge is -2.43. The van der Waals surface area contributed by atoms with Crippen molar-refractivity contribution in [2.75, 3.05) is 37.8 Å². The molecule has 5 rings (SSSR count). The Labute approximate surface area is 225 Å². The topological polar surface area (TPSA) is 53.1 Å². The van der Waals surface area contributed by atoms with Crippen molar-refractivity contribution in [2.45, 2.75) is 44.7 Å². The summed E-state index contributed by atoms with van der Waals surface area (Å²) in [7, 11) is 0. The second-order valence-corrected chi connectivity index (χ2v) is 9.83. The van der Waals surface area contributed by atoms with Crippen molar-refractivity contribution in [3.63, 3.8) is 0 Å². The summed E-state index contributed by atoms with van der Waals surface area (Å²) in [4.78, 5) is 32.4. The van der Waals surface area contributed by atoms with Crippen LogP contribution >= 0.6 is 12.4 Å². The number of carbonyl (C=O) groups excluding carboxylic acids is 2. The molecule has 0 atom stereocenters. The number of anilines is 1. The van der Waals surface area contributed by atoms with Gasteiger partial charge in [0, 0.05) is 38.3 Å². The molecule has 0 N–H and O–H groups in total. The number of likely N-dealkylation sites (tertiary alicyclic amines) is 1. The highest BCUT2D eigenvalue weighted by Gasteiger charge is 2.53. The van der Waals surface area contributed by atoms with Gasteiger partial charge in [-0.05, 0) is 54.7 Å². The lowest BCUT2D eigenvalue weighted by molar-refractivity contribution is -0.143. The van der Waals surface area contributed by atoms with E-state index in [1.165, 1.54) is 16.3 Å². The van der Waals surface area contributed by atoms with Crippen molar-refractivity contribution in [2.24, 2.45) is 0 Å². The monoisotopic (exact) mass is 521 g/mol. The molecule has 2 aliphatic rings. The Morgan fingerprint density at radius 3 is 2.41 bits per heavy atom. The summed E-state index contributed by atoms with van der Waals surface area (Å²) < 4.78 is 5.06. The molecule has 3 aromatic carbocycles. The summed E-state index contributed by atoms with van der Waals surface area (Å²) in [6.07, 6.45) is 2.55. The van der Waals surface area contributed by atoms with Crippen molar-refractivity contribution in [3.05, 3.63) is 78.4 Å². The second kappa shape index (κ2) is 12.0. The average molecular weight is 522 g/mol. The molecule has 1 amide bonds. The lowest BCUT2D eigenvalue weighted by atomic mass is 9.85. The van der Waals surface area contributed by atoms with Crippen LogP contribution in [-0.4, -0.2) is 60.1 Å². The highest BCUT2D eigenvalue weighted by Crippen LogP contribution is 2.40. The molecule has 37 heavy (non-hydrogen) atoms. The van der Waals surface area contributed by atoms with Gasteiger partial charge >= 0.3 is 5.97 Å². The number of fused-ring (bicyclic) bond motifs is 1. The number of ether oxygens (including phenoxy) is 1. The Kier molecular flexibility index (Phi) is 8.72. The summed E-state index contributed by atoms with van der Waals surface area (Å²) in [6, 6.07) is 25.3. The maximum absolute atomic E-state index is 13.9. The predicted molar refractivity (Wildman–Crippen MR) is 150 cm³/mol. The van der Waals surface area contributed by atoms with E-state index in [9.17, 15) is 9.59 Å². The Hall–Kier alpha value is -3.09. The number of halogens is 1. The SMILES string of the molecule is CCOC(=O)CCCN1CN(c2ccccc2)C2(CCN(Cc3cccc4ccccc34)CC2)C1=O.Cl. The first-order chi connectivity index (χ1) is 17.6. The van der Waals surface area contributed by atoms with Crippen LogP contribution in [-0.2, 0) is 20.9 Å². The van der Waals surface area contributed by atoms with Gasteiger partial charge in [-0.2, -0.15) is 0 Å². The number of para-hydroxylation sites is 1. The number of benzene rings is 3. The van der Waals surface area contributed by atoms with Gasteiger partial charge in [-0.15, -0.1) is 12.4 Å². The molecule has 2 heterocycles. The molecular formula is C30H36ClN3O3. The van der Waals surface area contributed by atoms with E-state index in [0.717, 1.165) is 38.2 Å². The average Bonchev–Trinajstić information content (AvgIpc) is 3.17. The molecule has 6 nitrogen and oxygen atoms in total. The first-order valence-corrected chi connectivity index (χ1v) is 13.1. The van der Waals surface area contributed by atoms with Gasteiger partial charge in [0.25, 0.3) is 0 Å². The molecule has 0 saturated carbocycles. The minimum absolute atomic E-state index is 0. The Morgan fingerprint density at radius 2 is 1.65 bits per heavy atom. The molecule has 0 aliphatic carbocycles. The summed E-state index contributed by atoms with van der Waals surface area (Å²) >= 11 is 0. The van der Waals surface area contributed by atoms with Crippen LogP contribution in [0.15, 0.2) is 72.8 Å². The van der Waals surface area contributed by atoms with E-state index < -0.39 is 5.54 Å². The first kappa shape index (κ1) is 27.0. The van der Waals surface area contributed by atoms with Crippen LogP contribution in [0.5, 0.6) is 0 Å². The third-order valence-electron chi connectivity index (χ3n) is 7.65. The molecule has 0 unspecified atom stereocenters. The Bertz CT molecular complexity index is 1210. The molecule has 196 valence electrons. The number of rotatable bonds is 8. The Balaban J connectivity index is 0.00000320. The molecule has 2 fully saturated rings. The number of esters is 1. The minimum atomic E-state index is -0.527. The largest absolute Gasteiger partial charge is 0.466 e. The number of hydrogen-bond acceptors (Lipinski definition) is 5. The normalized spacial score (nSPS) is 17.3. The predicted octanol–water partition coefficient (Wildman–Crippen LogP) is 5.25. The first-order valence-electron chi connectivity index (χ1n) is 13.1. The van der Waals surface area contributed by atoms with Crippen LogP contribution in [0.2, 0.25) is 0 Å². The highest BCUT2D eigenvalue weighted by molar-refractivity contribution is 5.93. The van der Waals surface area contributed by atoms with Gasteiger partial charge in [0.1, 0.15) is 5.54 Å². The van der Waals surface area contributed by atoms with Gasteiger partial charge in [-0.25, -0.2) is 0 Å². The van der Waals surface area contributed by atoms with Crippen molar-refractivity contribution in [1.29, 1.82) is 0 Å². The number of hydrogen-bond donors (Lipinski definition) is 0. The van der Waals surface area contributed by atoms with Gasteiger partial charge in [0.05, 0.1) is 13.3 Å². The molecule has 0 aromatic heterocycles.